The van der Waals surface area contributed by atoms with Crippen molar-refractivity contribution in [3.05, 3.63) is 23.6 Å². The van der Waals surface area contributed by atoms with Gasteiger partial charge in [-0.1, -0.05) is 32.3 Å². The van der Waals surface area contributed by atoms with Crippen LogP contribution in [0.15, 0.2) is 23.6 Å². The molecule has 0 spiro atoms. The maximum absolute atomic E-state index is 5.63. The van der Waals surface area contributed by atoms with Gasteiger partial charge in [0.25, 0.3) is 0 Å². The molecule has 0 saturated carbocycles. The first-order valence-corrected chi connectivity index (χ1v) is 7.90. The minimum atomic E-state index is -1.31. The Morgan fingerprint density at radius 3 is 2.17 bits per heavy atom. The van der Waals surface area contributed by atoms with Crippen LogP contribution >= 0.6 is 0 Å². The van der Waals surface area contributed by atoms with Crippen LogP contribution in [0.25, 0.3) is 0 Å². The lowest BCUT2D eigenvalue weighted by molar-refractivity contribution is 0.248. The second-order valence-corrected chi connectivity index (χ2v) is 8.85. The molecule has 0 aromatic heterocycles. The molecule has 0 unspecified atom stereocenters. The second-order valence-electron chi connectivity index (χ2n) is 3.90. The number of allylic oxidation sites excluding steroid dienone is 2. The van der Waals surface area contributed by atoms with E-state index in [1.54, 1.807) is 0 Å². The summed E-state index contributed by atoms with van der Waals surface area (Å²) < 4.78 is 5.63. The van der Waals surface area contributed by atoms with Gasteiger partial charge >= 0.3 is 0 Å². The first-order valence-electron chi connectivity index (χ1n) is 4.40. The Bertz CT molecular complexity index is 187. The maximum atomic E-state index is 5.63. The van der Waals surface area contributed by atoms with Crippen molar-refractivity contribution in [1.82, 2.24) is 0 Å². The molecule has 0 atom stereocenters. The van der Waals surface area contributed by atoms with Crippen LogP contribution in [0.2, 0.25) is 19.6 Å². The van der Waals surface area contributed by atoms with Gasteiger partial charge < -0.3 is 4.74 Å². The fraction of sp³-hybridized carbons (Fsp3) is 0.600. The fourth-order valence-electron chi connectivity index (χ4n) is 1.16. The van der Waals surface area contributed by atoms with Crippen LogP contribution in [0.4, 0.5) is 0 Å². The summed E-state index contributed by atoms with van der Waals surface area (Å²) >= 11 is 0. The summed E-state index contributed by atoms with van der Waals surface area (Å²) in [5.41, 5.74) is 1.19. The molecule has 0 aliphatic rings. The summed E-state index contributed by atoms with van der Waals surface area (Å²) in [4.78, 5) is 0. The Balaban J connectivity index is 4.78. The average Bonchev–Trinajstić information content (AvgIpc) is 1.96. The van der Waals surface area contributed by atoms with E-state index in [-0.39, 0.29) is 0 Å². The van der Waals surface area contributed by atoms with Crippen molar-refractivity contribution >= 4 is 8.07 Å². The first-order chi connectivity index (χ1) is 5.43. The Labute approximate surface area is 77.1 Å². The highest BCUT2D eigenvalue weighted by Gasteiger charge is 2.22. The molecule has 0 fully saturated rings. The van der Waals surface area contributed by atoms with E-state index in [0.717, 1.165) is 6.61 Å². The van der Waals surface area contributed by atoms with Crippen LogP contribution in [0.5, 0.6) is 0 Å². The average molecular weight is 184 g/mol. The zero-order chi connectivity index (χ0) is 9.78. The van der Waals surface area contributed by atoms with Gasteiger partial charge in [0.05, 0.1) is 12.0 Å². The van der Waals surface area contributed by atoms with Crippen LogP contribution in [0, 0.1) is 0 Å². The number of rotatable bonds is 4. The summed E-state index contributed by atoms with van der Waals surface area (Å²) in [6.45, 7) is 15.5. The molecule has 0 bridgehead atoms. The Morgan fingerprint density at radius 1 is 1.42 bits per heavy atom. The molecule has 0 amide bonds. The first kappa shape index (κ1) is 11.5. The minimum absolute atomic E-state index is 0.755. The zero-order valence-electron chi connectivity index (χ0n) is 8.90. The fourth-order valence-corrected chi connectivity index (χ4v) is 3.02. The molecule has 0 aliphatic heterocycles. The molecule has 12 heavy (non-hydrogen) atoms. The lowest BCUT2D eigenvalue weighted by Crippen LogP contribution is -2.27. The Kier molecular flexibility index (Phi) is 4.32. The molecule has 0 aliphatic carbocycles. The van der Waals surface area contributed by atoms with E-state index >= 15 is 0 Å². The van der Waals surface area contributed by atoms with Crippen molar-refractivity contribution in [2.45, 2.75) is 33.5 Å². The molecule has 70 valence electrons. The van der Waals surface area contributed by atoms with E-state index in [9.17, 15) is 0 Å². The standard InChI is InChI=1S/C10H20OSi/c1-7-9(3)10(11-8-2)12(4,5)6/h7H,1,8H2,2-6H3/b10-9-. The molecular formula is C10H20OSi. The number of ether oxygens (including phenoxy) is 1. The third-order valence-electron chi connectivity index (χ3n) is 1.63. The van der Waals surface area contributed by atoms with Crippen molar-refractivity contribution in [3.8, 4) is 0 Å². The van der Waals surface area contributed by atoms with Crippen LogP contribution < -0.4 is 0 Å². The van der Waals surface area contributed by atoms with E-state index < -0.39 is 8.07 Å². The lowest BCUT2D eigenvalue weighted by Gasteiger charge is -2.22. The van der Waals surface area contributed by atoms with Gasteiger partial charge in [0, 0.05) is 0 Å². The monoisotopic (exact) mass is 184 g/mol. The largest absolute Gasteiger partial charge is 0.503 e. The van der Waals surface area contributed by atoms with Gasteiger partial charge in [0.15, 0.2) is 0 Å². The highest BCUT2D eigenvalue weighted by atomic mass is 28.3. The third-order valence-corrected chi connectivity index (χ3v) is 3.54. The minimum Gasteiger partial charge on any atom is -0.503 e. The summed E-state index contributed by atoms with van der Waals surface area (Å²) in [5.74, 6) is 0. The molecule has 0 N–H and O–H groups in total. The predicted octanol–water partition coefficient (Wildman–Crippen LogP) is 3.36. The van der Waals surface area contributed by atoms with Gasteiger partial charge in [0.1, 0.15) is 8.07 Å². The molecule has 2 heteroatoms. The summed E-state index contributed by atoms with van der Waals surface area (Å²) in [6, 6.07) is 0. The van der Waals surface area contributed by atoms with Gasteiger partial charge in [-0.3, -0.25) is 0 Å². The predicted molar refractivity (Wildman–Crippen MR) is 57.9 cm³/mol. The number of hydrogen-bond donors (Lipinski definition) is 0. The molecule has 0 aromatic rings. The van der Waals surface area contributed by atoms with E-state index in [4.69, 9.17) is 4.74 Å². The van der Waals surface area contributed by atoms with Crippen molar-refractivity contribution in [2.24, 2.45) is 0 Å². The SMILES string of the molecule is C=C/C(C)=C(/OCC)[Si](C)(C)C. The lowest BCUT2D eigenvalue weighted by atomic mass is 10.3. The zero-order valence-corrected chi connectivity index (χ0v) is 9.90. The summed E-state index contributed by atoms with van der Waals surface area (Å²) in [5, 5.41) is 1.18. The Hall–Kier alpha value is -0.503. The van der Waals surface area contributed by atoms with E-state index in [0.29, 0.717) is 0 Å². The van der Waals surface area contributed by atoms with Gasteiger partial charge in [-0.05, 0) is 19.4 Å². The van der Waals surface area contributed by atoms with Gasteiger partial charge in [-0.15, -0.1) is 0 Å². The van der Waals surface area contributed by atoms with Gasteiger partial charge in [-0.25, -0.2) is 0 Å². The number of hydrogen-bond acceptors (Lipinski definition) is 1. The van der Waals surface area contributed by atoms with Crippen molar-refractivity contribution in [1.29, 1.82) is 0 Å². The maximum Gasteiger partial charge on any atom is 0.122 e. The molecule has 0 aromatic carbocycles. The van der Waals surface area contributed by atoms with Crippen LogP contribution in [0.3, 0.4) is 0 Å². The van der Waals surface area contributed by atoms with Crippen LogP contribution in [-0.4, -0.2) is 14.7 Å². The normalized spacial score (nSPS) is 13.8. The Morgan fingerprint density at radius 2 is 1.92 bits per heavy atom. The molecule has 0 rings (SSSR count). The third kappa shape index (κ3) is 3.26. The van der Waals surface area contributed by atoms with Gasteiger partial charge in [0.2, 0.25) is 0 Å². The highest BCUT2D eigenvalue weighted by molar-refractivity contribution is 6.82. The second kappa shape index (κ2) is 4.50. The van der Waals surface area contributed by atoms with Crippen molar-refractivity contribution < 1.29 is 4.74 Å². The topological polar surface area (TPSA) is 9.23 Å². The van der Waals surface area contributed by atoms with Crippen molar-refractivity contribution in [3.63, 3.8) is 0 Å². The van der Waals surface area contributed by atoms with E-state index in [1.807, 2.05) is 13.0 Å². The molecule has 1 nitrogen and oxygen atoms in total. The van der Waals surface area contributed by atoms with E-state index in [2.05, 4.69) is 33.1 Å². The summed E-state index contributed by atoms with van der Waals surface area (Å²) in [7, 11) is -1.31. The molecule has 0 radical (unpaired) electrons. The van der Waals surface area contributed by atoms with Gasteiger partial charge in [-0.2, -0.15) is 0 Å². The smallest absolute Gasteiger partial charge is 0.122 e. The van der Waals surface area contributed by atoms with Crippen LogP contribution in [0.1, 0.15) is 13.8 Å². The molecule has 0 saturated heterocycles. The van der Waals surface area contributed by atoms with Crippen molar-refractivity contribution in [2.75, 3.05) is 6.61 Å². The summed E-state index contributed by atoms with van der Waals surface area (Å²) in [6.07, 6.45) is 1.88. The highest BCUT2D eigenvalue weighted by Crippen LogP contribution is 2.20. The molecule has 0 heterocycles. The van der Waals surface area contributed by atoms with Crippen LogP contribution in [-0.2, 0) is 4.74 Å². The quantitative estimate of drug-likeness (QED) is 0.370. The molecular weight excluding hydrogens is 164 g/mol. The van der Waals surface area contributed by atoms with E-state index in [1.165, 1.54) is 11.0 Å².